The first kappa shape index (κ1) is 49.7. The molecular formula is C72H52Br2N4. The van der Waals surface area contributed by atoms with Crippen LogP contribution in [0.25, 0.3) is 33.4 Å². The SMILES string of the molecule is Brc1ccc(N(c2ccc(-c3ccc(N(c4ccccc4)c4ccccc4)cc3)cc2)c2ccc(-c3ccc(N(c4ccc(Br)cc4)c4ccc(-c5ccc(N(c6ccccc6)c6ccccc6)cc5)cc4)cc3)cc2)cc1. The number of anilines is 12. The molecule has 374 valence electrons. The normalized spacial score (nSPS) is 10.9. The summed E-state index contributed by atoms with van der Waals surface area (Å²) in [6, 6.07) is 112. The summed E-state index contributed by atoms with van der Waals surface area (Å²) in [5.74, 6) is 0. The van der Waals surface area contributed by atoms with Crippen LogP contribution in [0.4, 0.5) is 68.2 Å². The minimum absolute atomic E-state index is 1.04. The summed E-state index contributed by atoms with van der Waals surface area (Å²) in [6.45, 7) is 0. The monoisotopic (exact) mass is 1130 g/mol. The third kappa shape index (κ3) is 10.9. The van der Waals surface area contributed by atoms with Gasteiger partial charge in [-0.1, -0.05) is 177 Å². The van der Waals surface area contributed by atoms with Crippen molar-refractivity contribution >= 4 is 100 Å². The van der Waals surface area contributed by atoms with Crippen LogP contribution in [0, 0.1) is 0 Å². The molecule has 6 heteroatoms. The van der Waals surface area contributed by atoms with Crippen LogP contribution in [-0.2, 0) is 0 Å². The Hall–Kier alpha value is -9.20. The third-order valence-corrected chi connectivity index (χ3v) is 15.0. The van der Waals surface area contributed by atoms with Crippen molar-refractivity contribution in [1.29, 1.82) is 0 Å². The van der Waals surface area contributed by atoms with Gasteiger partial charge >= 0.3 is 0 Å². The van der Waals surface area contributed by atoms with E-state index in [1.165, 1.54) is 0 Å². The second-order valence-electron chi connectivity index (χ2n) is 18.9. The zero-order valence-electron chi connectivity index (χ0n) is 42.6. The predicted molar refractivity (Wildman–Crippen MR) is 337 cm³/mol. The quantitative estimate of drug-likeness (QED) is 0.101. The molecule has 0 aliphatic carbocycles. The van der Waals surface area contributed by atoms with Crippen molar-refractivity contribution in [2.75, 3.05) is 19.6 Å². The second-order valence-corrected chi connectivity index (χ2v) is 20.7. The number of rotatable bonds is 15. The molecule has 0 atom stereocenters. The fraction of sp³-hybridized carbons (Fsp3) is 0. The Morgan fingerprint density at radius 3 is 0.423 bits per heavy atom. The zero-order valence-corrected chi connectivity index (χ0v) is 45.7. The first-order valence-electron chi connectivity index (χ1n) is 26.0. The van der Waals surface area contributed by atoms with Crippen LogP contribution < -0.4 is 19.6 Å². The van der Waals surface area contributed by atoms with E-state index in [1.807, 2.05) is 0 Å². The Kier molecular flexibility index (Phi) is 14.6. The molecule has 0 aromatic heterocycles. The maximum Gasteiger partial charge on any atom is 0.0462 e. The Balaban J connectivity index is 0.784. The lowest BCUT2D eigenvalue weighted by Crippen LogP contribution is -2.10. The summed E-state index contributed by atoms with van der Waals surface area (Å²) in [4.78, 5) is 9.20. The summed E-state index contributed by atoms with van der Waals surface area (Å²) >= 11 is 7.32. The van der Waals surface area contributed by atoms with E-state index in [0.29, 0.717) is 0 Å². The Morgan fingerprint density at radius 2 is 0.269 bits per heavy atom. The molecule has 0 bridgehead atoms. The van der Waals surface area contributed by atoms with Gasteiger partial charge in [-0.25, -0.2) is 0 Å². The van der Waals surface area contributed by atoms with Gasteiger partial charge in [-0.15, -0.1) is 0 Å². The van der Waals surface area contributed by atoms with Crippen LogP contribution in [-0.4, -0.2) is 0 Å². The van der Waals surface area contributed by atoms with E-state index < -0.39 is 0 Å². The lowest BCUT2D eigenvalue weighted by atomic mass is 10.0. The summed E-state index contributed by atoms with van der Waals surface area (Å²) in [7, 11) is 0. The van der Waals surface area contributed by atoms with E-state index in [4.69, 9.17) is 0 Å². The largest absolute Gasteiger partial charge is 0.311 e. The number of halogens is 2. The summed E-state index contributed by atoms with van der Waals surface area (Å²) in [5.41, 5.74) is 20.0. The average molecular weight is 1130 g/mol. The number of hydrogen-bond donors (Lipinski definition) is 0. The van der Waals surface area contributed by atoms with Crippen LogP contribution in [0.2, 0.25) is 0 Å². The van der Waals surface area contributed by atoms with Gasteiger partial charge in [0.15, 0.2) is 0 Å². The number of para-hydroxylation sites is 4. The van der Waals surface area contributed by atoms with Gasteiger partial charge in [0.05, 0.1) is 0 Å². The highest BCUT2D eigenvalue weighted by atomic mass is 79.9. The third-order valence-electron chi connectivity index (χ3n) is 14.0. The molecule has 0 N–H and O–H groups in total. The van der Waals surface area contributed by atoms with E-state index in [0.717, 1.165) is 111 Å². The average Bonchev–Trinajstić information content (AvgIpc) is 3.55. The lowest BCUT2D eigenvalue weighted by molar-refractivity contribution is 1.28. The predicted octanol–water partition coefficient (Wildman–Crippen LogP) is 22.1. The molecular weight excluding hydrogens is 1080 g/mol. The molecule has 12 aromatic carbocycles. The topological polar surface area (TPSA) is 13.0 Å². The first-order chi connectivity index (χ1) is 38.5. The number of hydrogen-bond acceptors (Lipinski definition) is 4. The molecule has 0 amide bonds. The molecule has 12 rings (SSSR count). The van der Waals surface area contributed by atoms with Gasteiger partial charge in [0.2, 0.25) is 0 Å². The molecule has 0 saturated heterocycles. The van der Waals surface area contributed by atoms with Gasteiger partial charge in [0, 0.05) is 77.2 Å². The summed E-state index contributed by atoms with van der Waals surface area (Å²) < 4.78 is 2.07. The fourth-order valence-electron chi connectivity index (χ4n) is 10.1. The van der Waals surface area contributed by atoms with Crippen LogP contribution in [0.3, 0.4) is 0 Å². The standard InChI is InChI=1S/C72H52Br2N4/c73-59-33-49-71(50-34-59)77(67-41-25-55(26-42-67)53-21-37-65(38-22-53)75(61-13-5-1-6-14-61)62-15-7-2-8-16-62)69-45-29-57(30-46-69)58-31-47-70(48-32-58)78(72-51-35-60(74)36-52-72)68-43-27-56(28-44-68)54-23-39-66(40-24-54)76(63-17-9-3-10-18-63)64-19-11-4-12-20-64/h1-52H. The van der Waals surface area contributed by atoms with Crippen LogP contribution >= 0.6 is 31.9 Å². The fourth-order valence-corrected chi connectivity index (χ4v) is 10.6. The Labute approximate surface area is 474 Å². The van der Waals surface area contributed by atoms with Crippen LogP contribution in [0.15, 0.2) is 324 Å². The van der Waals surface area contributed by atoms with Gasteiger partial charge in [0.1, 0.15) is 0 Å². The van der Waals surface area contributed by atoms with E-state index in [1.54, 1.807) is 0 Å². The molecule has 0 aliphatic heterocycles. The van der Waals surface area contributed by atoms with E-state index in [9.17, 15) is 0 Å². The number of nitrogens with zero attached hydrogens (tertiary/aromatic N) is 4. The van der Waals surface area contributed by atoms with Gasteiger partial charge in [-0.05, 0) is 203 Å². The second kappa shape index (κ2) is 23.0. The van der Waals surface area contributed by atoms with Gasteiger partial charge in [-0.3, -0.25) is 0 Å². The maximum atomic E-state index is 3.66. The van der Waals surface area contributed by atoms with Crippen molar-refractivity contribution in [2.24, 2.45) is 0 Å². The van der Waals surface area contributed by atoms with E-state index in [2.05, 4.69) is 367 Å². The highest BCUT2D eigenvalue weighted by Gasteiger charge is 2.18. The van der Waals surface area contributed by atoms with Crippen LogP contribution in [0.1, 0.15) is 0 Å². The molecule has 0 saturated carbocycles. The molecule has 78 heavy (non-hydrogen) atoms. The minimum Gasteiger partial charge on any atom is -0.311 e. The van der Waals surface area contributed by atoms with Crippen molar-refractivity contribution in [1.82, 2.24) is 0 Å². The zero-order chi connectivity index (χ0) is 52.6. The van der Waals surface area contributed by atoms with Crippen molar-refractivity contribution in [3.8, 4) is 33.4 Å². The summed E-state index contributed by atoms with van der Waals surface area (Å²) in [6.07, 6.45) is 0. The van der Waals surface area contributed by atoms with Crippen molar-refractivity contribution in [3.05, 3.63) is 324 Å². The Bertz CT molecular complexity index is 3510. The molecule has 0 aliphatic rings. The van der Waals surface area contributed by atoms with Crippen molar-refractivity contribution in [3.63, 3.8) is 0 Å². The van der Waals surface area contributed by atoms with E-state index >= 15 is 0 Å². The molecule has 0 spiro atoms. The number of benzene rings is 12. The Morgan fingerprint density at radius 1 is 0.141 bits per heavy atom. The first-order valence-corrected chi connectivity index (χ1v) is 27.6. The maximum absolute atomic E-state index is 3.66. The van der Waals surface area contributed by atoms with Gasteiger partial charge < -0.3 is 19.6 Å². The molecule has 12 aromatic rings. The molecule has 4 nitrogen and oxygen atoms in total. The lowest BCUT2D eigenvalue weighted by Gasteiger charge is -2.27. The minimum atomic E-state index is 1.04. The van der Waals surface area contributed by atoms with Gasteiger partial charge in [0.25, 0.3) is 0 Å². The van der Waals surface area contributed by atoms with Gasteiger partial charge in [-0.2, -0.15) is 0 Å². The molecule has 0 radical (unpaired) electrons. The molecule has 0 unspecified atom stereocenters. The smallest absolute Gasteiger partial charge is 0.0462 e. The summed E-state index contributed by atoms with van der Waals surface area (Å²) in [5, 5.41) is 0. The molecule has 0 heterocycles. The van der Waals surface area contributed by atoms with Crippen LogP contribution in [0.5, 0.6) is 0 Å². The molecule has 0 fully saturated rings. The van der Waals surface area contributed by atoms with E-state index in [-0.39, 0.29) is 0 Å². The highest BCUT2D eigenvalue weighted by Crippen LogP contribution is 2.42. The van der Waals surface area contributed by atoms with Crippen molar-refractivity contribution in [2.45, 2.75) is 0 Å². The van der Waals surface area contributed by atoms with Crippen molar-refractivity contribution < 1.29 is 0 Å². The highest BCUT2D eigenvalue weighted by molar-refractivity contribution is 9.10.